The second-order valence-electron chi connectivity index (χ2n) is 5.19. The molecule has 18 heavy (non-hydrogen) atoms. The van der Waals surface area contributed by atoms with Gasteiger partial charge in [-0.1, -0.05) is 13.8 Å². The highest BCUT2D eigenvalue weighted by atomic mass is 19.4. The van der Waals surface area contributed by atoms with E-state index < -0.39 is 36.0 Å². The first kappa shape index (κ1) is 15.6. The quantitative estimate of drug-likeness (QED) is 0.789. The Hall–Kier alpha value is -0.500. The van der Waals surface area contributed by atoms with E-state index in [0.29, 0.717) is 6.42 Å². The maximum Gasteiger partial charge on any atom is 0.423 e. The monoisotopic (exact) mass is 279 g/mol. The van der Waals surface area contributed by atoms with E-state index in [-0.39, 0.29) is 6.42 Å². The number of hydrogen-bond donors (Lipinski definition) is 1. The molecule has 2 atom stereocenters. The van der Waals surface area contributed by atoms with Crippen molar-refractivity contribution < 1.29 is 31.1 Å². The summed E-state index contributed by atoms with van der Waals surface area (Å²) in [5.41, 5.74) is 5.11. The van der Waals surface area contributed by atoms with Gasteiger partial charge < -0.3 is 10.5 Å². The molecule has 0 aromatic heterocycles. The first-order valence-electron chi connectivity index (χ1n) is 5.40. The first-order valence-corrected chi connectivity index (χ1v) is 5.40. The molecule has 0 spiro atoms. The van der Waals surface area contributed by atoms with E-state index >= 15 is 0 Å². The van der Waals surface area contributed by atoms with Crippen molar-refractivity contribution in [1.29, 1.82) is 0 Å². The van der Waals surface area contributed by atoms with Crippen LogP contribution in [0.3, 0.4) is 0 Å². The lowest BCUT2D eigenvalue weighted by Gasteiger charge is -2.31. The van der Waals surface area contributed by atoms with Crippen LogP contribution in [0.5, 0.6) is 0 Å². The zero-order valence-corrected chi connectivity index (χ0v) is 9.90. The van der Waals surface area contributed by atoms with E-state index in [1.54, 1.807) is 13.8 Å². The number of alkyl halides is 6. The number of hydrogen-bond acceptors (Lipinski definition) is 2. The van der Waals surface area contributed by atoms with Gasteiger partial charge in [0, 0.05) is 6.04 Å². The molecule has 0 heterocycles. The molecule has 0 aromatic carbocycles. The molecule has 108 valence electrons. The topological polar surface area (TPSA) is 35.2 Å². The lowest BCUT2D eigenvalue weighted by Crippen LogP contribution is -2.50. The first-order chi connectivity index (χ1) is 7.86. The van der Waals surface area contributed by atoms with Crippen molar-refractivity contribution in [2.45, 2.75) is 57.3 Å². The van der Waals surface area contributed by atoms with Crippen molar-refractivity contribution in [1.82, 2.24) is 0 Å². The summed E-state index contributed by atoms with van der Waals surface area (Å²) in [5.74, 6) is 0. The standard InChI is InChI=1S/C10H15F6NO/c1-8(2)4-3-5(6(8)17)18-7(9(11,12)13)10(14,15)16/h5-7H,3-4,17H2,1-2H3. The second kappa shape index (κ2) is 4.56. The van der Waals surface area contributed by atoms with Crippen LogP contribution in [-0.4, -0.2) is 30.6 Å². The third-order valence-electron chi connectivity index (χ3n) is 3.28. The van der Waals surface area contributed by atoms with E-state index in [1.165, 1.54) is 0 Å². The van der Waals surface area contributed by atoms with Crippen LogP contribution in [0.25, 0.3) is 0 Å². The number of rotatable bonds is 2. The molecular weight excluding hydrogens is 264 g/mol. The fourth-order valence-electron chi connectivity index (χ4n) is 2.03. The predicted molar refractivity (Wildman–Crippen MR) is 51.8 cm³/mol. The van der Waals surface area contributed by atoms with Gasteiger partial charge in [-0.05, 0) is 18.3 Å². The van der Waals surface area contributed by atoms with Crippen LogP contribution >= 0.6 is 0 Å². The summed E-state index contributed by atoms with van der Waals surface area (Å²) >= 11 is 0. The molecule has 0 aromatic rings. The number of ether oxygens (including phenoxy) is 1. The summed E-state index contributed by atoms with van der Waals surface area (Å²) in [6.45, 7) is 3.38. The van der Waals surface area contributed by atoms with E-state index in [2.05, 4.69) is 4.74 Å². The molecule has 2 unspecified atom stereocenters. The van der Waals surface area contributed by atoms with Gasteiger partial charge in [0.05, 0.1) is 6.10 Å². The average Bonchev–Trinajstić information content (AvgIpc) is 2.36. The summed E-state index contributed by atoms with van der Waals surface area (Å²) in [6.07, 6.45) is -15.4. The van der Waals surface area contributed by atoms with Gasteiger partial charge in [-0.2, -0.15) is 26.3 Å². The Kier molecular flexibility index (Phi) is 3.94. The lowest BCUT2D eigenvalue weighted by atomic mass is 9.88. The number of halogens is 6. The summed E-state index contributed by atoms with van der Waals surface area (Å²) in [6, 6.07) is -0.843. The minimum Gasteiger partial charge on any atom is -0.356 e. The number of nitrogens with two attached hydrogens (primary N) is 1. The van der Waals surface area contributed by atoms with Crippen LogP contribution < -0.4 is 5.73 Å². The lowest BCUT2D eigenvalue weighted by molar-refractivity contribution is -0.331. The molecule has 0 radical (unpaired) electrons. The molecule has 0 bridgehead atoms. The molecule has 2 nitrogen and oxygen atoms in total. The molecule has 2 N–H and O–H groups in total. The summed E-state index contributed by atoms with van der Waals surface area (Å²) < 4.78 is 78.0. The third kappa shape index (κ3) is 3.28. The van der Waals surface area contributed by atoms with Crippen LogP contribution in [0.2, 0.25) is 0 Å². The Morgan fingerprint density at radius 2 is 1.56 bits per heavy atom. The second-order valence-corrected chi connectivity index (χ2v) is 5.19. The Bertz CT molecular complexity index is 284. The van der Waals surface area contributed by atoms with Gasteiger partial charge in [-0.3, -0.25) is 0 Å². The van der Waals surface area contributed by atoms with Crippen molar-refractivity contribution in [3.05, 3.63) is 0 Å². The molecule has 1 aliphatic carbocycles. The molecule has 1 fully saturated rings. The maximum atomic E-state index is 12.3. The third-order valence-corrected chi connectivity index (χ3v) is 3.28. The van der Waals surface area contributed by atoms with Crippen molar-refractivity contribution in [2.24, 2.45) is 11.1 Å². The highest BCUT2D eigenvalue weighted by Gasteiger charge is 2.60. The molecule has 1 aliphatic rings. The van der Waals surface area contributed by atoms with Gasteiger partial charge in [0.25, 0.3) is 0 Å². The summed E-state index contributed by atoms with van der Waals surface area (Å²) in [5, 5.41) is 0. The maximum absolute atomic E-state index is 12.3. The Morgan fingerprint density at radius 1 is 1.11 bits per heavy atom. The summed E-state index contributed by atoms with van der Waals surface area (Å²) in [4.78, 5) is 0. The van der Waals surface area contributed by atoms with Gasteiger partial charge in [-0.15, -0.1) is 0 Å². The molecule has 1 saturated carbocycles. The van der Waals surface area contributed by atoms with Crippen LogP contribution in [0, 0.1) is 5.41 Å². The van der Waals surface area contributed by atoms with Crippen molar-refractivity contribution in [3.8, 4) is 0 Å². The molecular formula is C10H15F6NO. The smallest absolute Gasteiger partial charge is 0.356 e. The van der Waals surface area contributed by atoms with Crippen LogP contribution in [0.4, 0.5) is 26.3 Å². The highest BCUT2D eigenvalue weighted by Crippen LogP contribution is 2.42. The van der Waals surface area contributed by atoms with E-state index in [1.807, 2.05) is 0 Å². The fraction of sp³-hybridized carbons (Fsp3) is 1.00. The summed E-state index contributed by atoms with van der Waals surface area (Å²) in [7, 11) is 0. The van der Waals surface area contributed by atoms with E-state index in [4.69, 9.17) is 5.73 Å². The zero-order valence-electron chi connectivity index (χ0n) is 9.90. The minimum absolute atomic E-state index is 0.0941. The zero-order chi connectivity index (χ0) is 14.4. The van der Waals surface area contributed by atoms with Crippen LogP contribution in [0.15, 0.2) is 0 Å². The van der Waals surface area contributed by atoms with Gasteiger partial charge in [0.1, 0.15) is 0 Å². The molecule has 0 amide bonds. The van der Waals surface area contributed by atoms with Crippen LogP contribution in [0.1, 0.15) is 26.7 Å². The fourth-order valence-corrected chi connectivity index (χ4v) is 2.03. The van der Waals surface area contributed by atoms with Gasteiger partial charge >= 0.3 is 12.4 Å². The van der Waals surface area contributed by atoms with E-state index in [9.17, 15) is 26.3 Å². The minimum atomic E-state index is -5.48. The van der Waals surface area contributed by atoms with Gasteiger partial charge in [0.15, 0.2) is 0 Å². The average molecular weight is 279 g/mol. The SMILES string of the molecule is CC1(C)CCC(OC(C(F)(F)F)C(F)(F)F)C1N. The Labute approximate surface area is 100 Å². The molecule has 8 heteroatoms. The Morgan fingerprint density at radius 3 is 1.83 bits per heavy atom. The van der Waals surface area contributed by atoms with Gasteiger partial charge in [-0.25, -0.2) is 0 Å². The predicted octanol–water partition coefficient (Wildman–Crippen LogP) is 3.01. The van der Waals surface area contributed by atoms with Crippen molar-refractivity contribution in [3.63, 3.8) is 0 Å². The van der Waals surface area contributed by atoms with Crippen molar-refractivity contribution >= 4 is 0 Å². The van der Waals surface area contributed by atoms with Gasteiger partial charge in [0.2, 0.25) is 6.10 Å². The highest BCUT2D eigenvalue weighted by molar-refractivity contribution is 4.96. The molecule has 0 saturated heterocycles. The largest absolute Gasteiger partial charge is 0.423 e. The van der Waals surface area contributed by atoms with E-state index in [0.717, 1.165) is 0 Å². The molecule has 0 aliphatic heterocycles. The Balaban J connectivity index is 2.81. The molecule has 1 rings (SSSR count). The normalized spacial score (nSPS) is 29.0. The van der Waals surface area contributed by atoms with Crippen molar-refractivity contribution in [2.75, 3.05) is 0 Å². The van der Waals surface area contributed by atoms with Crippen LogP contribution in [-0.2, 0) is 4.74 Å².